The van der Waals surface area contributed by atoms with Gasteiger partial charge in [-0.3, -0.25) is 13.9 Å². The van der Waals surface area contributed by atoms with Crippen molar-refractivity contribution in [3.8, 4) is 0 Å². The third kappa shape index (κ3) is 8.96. The molecule has 0 bridgehead atoms. The fraction of sp³-hybridized carbons (Fsp3) is 0.355. The molecule has 0 aliphatic rings. The molecule has 1 unspecified atom stereocenters. The summed E-state index contributed by atoms with van der Waals surface area (Å²) in [6.45, 7) is 7.99. The number of carbonyl (C=O) groups excluding carboxylic acids is 2. The van der Waals surface area contributed by atoms with Crippen LogP contribution in [0.2, 0.25) is 0 Å². The first kappa shape index (κ1) is 29.9. The van der Waals surface area contributed by atoms with E-state index in [1.54, 1.807) is 12.1 Å². The molecular formula is C31H39N3O4S. The van der Waals surface area contributed by atoms with Gasteiger partial charge >= 0.3 is 0 Å². The fourth-order valence-corrected chi connectivity index (χ4v) is 5.30. The predicted octanol–water partition coefficient (Wildman–Crippen LogP) is 4.48. The van der Waals surface area contributed by atoms with Crippen LogP contribution in [0.15, 0.2) is 78.9 Å². The third-order valence-corrected chi connectivity index (χ3v) is 7.47. The Morgan fingerprint density at radius 2 is 1.38 bits per heavy atom. The molecule has 7 nitrogen and oxygen atoms in total. The number of aryl methyl sites for hydroxylation is 2. The van der Waals surface area contributed by atoms with Crippen LogP contribution in [0.1, 0.15) is 36.1 Å². The molecule has 0 radical (unpaired) electrons. The van der Waals surface area contributed by atoms with Crippen molar-refractivity contribution in [2.75, 3.05) is 23.7 Å². The number of nitrogens with zero attached hydrogens (tertiary/aromatic N) is 2. The molecule has 0 aliphatic carbocycles. The molecule has 0 heterocycles. The lowest BCUT2D eigenvalue weighted by Crippen LogP contribution is -2.53. The predicted molar refractivity (Wildman–Crippen MR) is 157 cm³/mol. The van der Waals surface area contributed by atoms with Crippen molar-refractivity contribution < 1.29 is 18.0 Å². The van der Waals surface area contributed by atoms with Gasteiger partial charge in [0.25, 0.3) is 0 Å². The molecule has 8 heteroatoms. The monoisotopic (exact) mass is 549 g/mol. The van der Waals surface area contributed by atoms with Crippen LogP contribution in [0.25, 0.3) is 0 Å². The first-order chi connectivity index (χ1) is 18.4. The Kier molecular flexibility index (Phi) is 10.3. The van der Waals surface area contributed by atoms with Gasteiger partial charge in [-0.2, -0.15) is 0 Å². The van der Waals surface area contributed by atoms with E-state index in [0.717, 1.165) is 32.8 Å². The topological polar surface area (TPSA) is 86.8 Å². The summed E-state index contributed by atoms with van der Waals surface area (Å²) < 4.78 is 27.0. The van der Waals surface area contributed by atoms with E-state index in [0.29, 0.717) is 18.7 Å². The van der Waals surface area contributed by atoms with E-state index in [1.807, 2.05) is 94.4 Å². The lowest BCUT2D eigenvalue weighted by Gasteiger charge is -2.33. The molecule has 0 saturated heterocycles. The quantitative estimate of drug-likeness (QED) is 0.361. The van der Waals surface area contributed by atoms with Gasteiger partial charge in [-0.05, 0) is 54.2 Å². The van der Waals surface area contributed by atoms with Crippen LogP contribution < -0.4 is 9.62 Å². The Morgan fingerprint density at radius 3 is 1.90 bits per heavy atom. The van der Waals surface area contributed by atoms with E-state index < -0.39 is 28.5 Å². The van der Waals surface area contributed by atoms with E-state index in [9.17, 15) is 18.0 Å². The second-order valence-electron chi connectivity index (χ2n) is 10.5. The zero-order chi connectivity index (χ0) is 28.6. The zero-order valence-corrected chi connectivity index (χ0v) is 24.2. The van der Waals surface area contributed by atoms with Gasteiger partial charge in [0.05, 0.1) is 11.9 Å². The summed E-state index contributed by atoms with van der Waals surface area (Å²) in [5.74, 6) is -0.493. The van der Waals surface area contributed by atoms with E-state index >= 15 is 0 Å². The zero-order valence-electron chi connectivity index (χ0n) is 23.4. The molecule has 0 spiro atoms. The number of nitrogens with one attached hydrogen (secondary N) is 1. The highest BCUT2D eigenvalue weighted by atomic mass is 32.2. The number of hydrogen-bond acceptors (Lipinski definition) is 4. The summed E-state index contributed by atoms with van der Waals surface area (Å²) in [5.41, 5.74) is 3.96. The lowest BCUT2D eigenvalue weighted by atomic mass is 10.0. The smallest absolute Gasteiger partial charge is 0.244 e. The molecule has 208 valence electrons. The van der Waals surface area contributed by atoms with Gasteiger partial charge in [-0.25, -0.2) is 8.42 Å². The first-order valence-electron chi connectivity index (χ1n) is 13.1. The minimum Gasteiger partial charge on any atom is -0.354 e. The normalized spacial score (nSPS) is 12.2. The molecule has 2 amide bonds. The average Bonchev–Trinajstić information content (AvgIpc) is 2.87. The van der Waals surface area contributed by atoms with Gasteiger partial charge in [0.2, 0.25) is 21.8 Å². The number of benzene rings is 3. The molecule has 3 rings (SSSR count). The molecule has 1 atom stereocenters. The van der Waals surface area contributed by atoms with Crippen LogP contribution in [0.4, 0.5) is 5.69 Å². The van der Waals surface area contributed by atoms with Crippen LogP contribution in [0.3, 0.4) is 0 Å². The Balaban J connectivity index is 2.04. The molecular weight excluding hydrogens is 510 g/mol. The van der Waals surface area contributed by atoms with Gasteiger partial charge in [0.15, 0.2) is 0 Å². The van der Waals surface area contributed by atoms with Gasteiger partial charge in [-0.1, -0.05) is 80.6 Å². The van der Waals surface area contributed by atoms with Gasteiger partial charge < -0.3 is 10.2 Å². The second-order valence-corrected chi connectivity index (χ2v) is 12.4. The maximum Gasteiger partial charge on any atom is 0.244 e. The Morgan fingerprint density at radius 1 is 0.846 bits per heavy atom. The Bertz CT molecular complexity index is 1340. The summed E-state index contributed by atoms with van der Waals surface area (Å²) in [6.07, 6.45) is 1.39. The molecule has 0 saturated carbocycles. The number of sulfonamides is 1. The van der Waals surface area contributed by atoms with Crippen molar-refractivity contribution >= 4 is 27.5 Å². The van der Waals surface area contributed by atoms with E-state index in [2.05, 4.69) is 5.32 Å². The van der Waals surface area contributed by atoms with E-state index in [4.69, 9.17) is 0 Å². The van der Waals surface area contributed by atoms with Gasteiger partial charge in [0.1, 0.15) is 12.6 Å². The second kappa shape index (κ2) is 13.4. The van der Waals surface area contributed by atoms with Crippen LogP contribution in [0.5, 0.6) is 0 Å². The van der Waals surface area contributed by atoms with Crippen LogP contribution in [-0.2, 0) is 32.6 Å². The van der Waals surface area contributed by atoms with Crippen molar-refractivity contribution in [1.82, 2.24) is 10.2 Å². The van der Waals surface area contributed by atoms with Crippen molar-refractivity contribution in [3.63, 3.8) is 0 Å². The summed E-state index contributed by atoms with van der Waals surface area (Å²) in [5, 5.41) is 2.99. The summed E-state index contributed by atoms with van der Waals surface area (Å²) >= 11 is 0. The van der Waals surface area contributed by atoms with Crippen molar-refractivity contribution in [2.45, 2.75) is 46.7 Å². The largest absolute Gasteiger partial charge is 0.354 e. The van der Waals surface area contributed by atoms with Crippen LogP contribution in [0, 0.1) is 19.8 Å². The van der Waals surface area contributed by atoms with Gasteiger partial charge in [0, 0.05) is 19.5 Å². The Labute approximate surface area is 232 Å². The number of amides is 2. The highest BCUT2D eigenvalue weighted by Gasteiger charge is 2.33. The first-order valence-corrected chi connectivity index (χ1v) is 15.0. The SMILES string of the molecule is Cc1cc(C)cc(N(CC(=O)N(Cc2ccccc2)C(Cc2ccccc2)C(=O)NCC(C)C)S(C)(=O)=O)c1. The van der Waals surface area contributed by atoms with E-state index in [1.165, 1.54) is 4.90 Å². The summed E-state index contributed by atoms with van der Waals surface area (Å²) in [7, 11) is -3.79. The molecule has 3 aromatic rings. The Hall–Kier alpha value is -3.65. The maximum absolute atomic E-state index is 14.1. The molecule has 0 fully saturated rings. The van der Waals surface area contributed by atoms with Crippen LogP contribution in [-0.4, -0.2) is 50.5 Å². The lowest BCUT2D eigenvalue weighted by molar-refractivity contribution is -0.140. The molecule has 0 aliphatic heterocycles. The minimum atomic E-state index is -3.79. The number of anilines is 1. The van der Waals surface area contributed by atoms with Crippen molar-refractivity contribution in [3.05, 3.63) is 101 Å². The van der Waals surface area contributed by atoms with Crippen LogP contribution >= 0.6 is 0 Å². The number of hydrogen-bond donors (Lipinski definition) is 1. The van der Waals surface area contributed by atoms with Crippen molar-refractivity contribution in [2.24, 2.45) is 5.92 Å². The highest BCUT2D eigenvalue weighted by Crippen LogP contribution is 2.23. The molecule has 0 aromatic heterocycles. The molecule has 39 heavy (non-hydrogen) atoms. The number of carbonyl (C=O) groups is 2. The van der Waals surface area contributed by atoms with E-state index in [-0.39, 0.29) is 18.4 Å². The molecule has 3 aromatic carbocycles. The minimum absolute atomic E-state index is 0.163. The van der Waals surface area contributed by atoms with Gasteiger partial charge in [-0.15, -0.1) is 0 Å². The standard InChI is InChI=1S/C31H39N3O4S/c1-23(2)20-32-31(36)29(19-26-12-8-6-9-13-26)33(21-27-14-10-7-11-15-27)30(35)22-34(39(5,37)38)28-17-24(3)16-25(4)18-28/h6-18,23,29H,19-22H2,1-5H3,(H,32,36). The summed E-state index contributed by atoms with van der Waals surface area (Å²) in [6, 6.07) is 23.6. The highest BCUT2D eigenvalue weighted by molar-refractivity contribution is 7.92. The van der Waals surface area contributed by atoms with Crippen molar-refractivity contribution in [1.29, 1.82) is 0 Å². The summed E-state index contributed by atoms with van der Waals surface area (Å²) in [4.78, 5) is 29.2. The average molecular weight is 550 g/mol. The molecule has 1 N–H and O–H groups in total. The fourth-order valence-electron chi connectivity index (χ4n) is 4.46. The number of rotatable bonds is 12. The third-order valence-electron chi connectivity index (χ3n) is 6.33. The maximum atomic E-state index is 14.1.